The molecular formula is C18H12ClN5. The van der Waals surface area contributed by atoms with Crippen molar-refractivity contribution in [2.75, 3.05) is 5.32 Å². The van der Waals surface area contributed by atoms with Gasteiger partial charge in [0, 0.05) is 22.3 Å². The maximum absolute atomic E-state index is 9.13. The lowest BCUT2D eigenvalue weighted by Gasteiger charge is -2.10. The van der Waals surface area contributed by atoms with Crippen molar-refractivity contribution in [3.8, 4) is 6.07 Å². The highest BCUT2D eigenvalue weighted by molar-refractivity contribution is 6.30. The molecule has 0 spiro atoms. The molecule has 0 aliphatic carbocycles. The van der Waals surface area contributed by atoms with Crippen LogP contribution in [0.2, 0.25) is 5.02 Å². The van der Waals surface area contributed by atoms with Crippen LogP contribution in [0.25, 0.3) is 16.6 Å². The zero-order chi connectivity index (χ0) is 16.7. The second kappa shape index (κ2) is 5.52. The fourth-order valence-corrected chi connectivity index (χ4v) is 2.87. The van der Waals surface area contributed by atoms with Crippen LogP contribution in [0.3, 0.4) is 0 Å². The number of benzene rings is 2. The van der Waals surface area contributed by atoms with Gasteiger partial charge in [0.1, 0.15) is 5.65 Å². The van der Waals surface area contributed by atoms with Crippen molar-refractivity contribution >= 4 is 39.8 Å². The molecule has 0 atom stereocenters. The molecule has 0 unspecified atom stereocenters. The van der Waals surface area contributed by atoms with E-state index in [-0.39, 0.29) is 0 Å². The van der Waals surface area contributed by atoms with Crippen molar-refractivity contribution in [3.63, 3.8) is 0 Å². The third-order valence-corrected chi connectivity index (χ3v) is 3.96. The number of aryl methyl sites for hydroxylation is 1. The lowest BCUT2D eigenvalue weighted by Crippen LogP contribution is -2.02. The minimum absolute atomic E-state index is 0.586. The van der Waals surface area contributed by atoms with Crippen LogP contribution in [0.15, 0.2) is 48.7 Å². The molecule has 5 nitrogen and oxygen atoms in total. The summed E-state index contributed by atoms with van der Waals surface area (Å²) in [6, 6.07) is 15.0. The Balaban J connectivity index is 1.96. The molecule has 0 radical (unpaired) electrons. The first-order chi connectivity index (χ1) is 11.6. The van der Waals surface area contributed by atoms with Crippen LogP contribution in [-0.2, 0) is 0 Å². The molecule has 0 bridgehead atoms. The molecule has 116 valence electrons. The van der Waals surface area contributed by atoms with Gasteiger partial charge in [0.2, 0.25) is 5.95 Å². The summed E-state index contributed by atoms with van der Waals surface area (Å²) in [5, 5.41) is 13.9. The quantitative estimate of drug-likeness (QED) is 0.588. The van der Waals surface area contributed by atoms with Gasteiger partial charge in [-0.15, -0.1) is 0 Å². The number of imidazole rings is 1. The van der Waals surface area contributed by atoms with Gasteiger partial charge < -0.3 is 5.32 Å². The number of fused-ring (bicyclic) bond motifs is 3. The van der Waals surface area contributed by atoms with Crippen molar-refractivity contribution in [1.82, 2.24) is 14.4 Å². The van der Waals surface area contributed by atoms with Gasteiger partial charge in [-0.1, -0.05) is 17.7 Å². The van der Waals surface area contributed by atoms with E-state index in [9.17, 15) is 0 Å². The van der Waals surface area contributed by atoms with Crippen molar-refractivity contribution in [1.29, 1.82) is 5.26 Å². The third kappa shape index (κ3) is 2.43. The average molecular weight is 334 g/mol. The molecule has 4 rings (SSSR count). The molecule has 0 aliphatic heterocycles. The van der Waals surface area contributed by atoms with Crippen LogP contribution in [0.5, 0.6) is 0 Å². The summed E-state index contributed by atoms with van der Waals surface area (Å²) in [5.41, 5.74) is 3.84. The number of hydrogen-bond donors (Lipinski definition) is 1. The molecule has 2 heterocycles. The Morgan fingerprint density at radius 1 is 1.17 bits per heavy atom. The number of nitrogens with one attached hydrogen (secondary N) is 1. The first-order valence-electron chi connectivity index (χ1n) is 7.36. The molecule has 0 saturated carbocycles. The molecule has 2 aromatic carbocycles. The largest absolute Gasteiger partial charge is 0.325 e. The fraction of sp³-hybridized carbons (Fsp3) is 0.0556. The average Bonchev–Trinajstić information content (AvgIpc) is 2.97. The summed E-state index contributed by atoms with van der Waals surface area (Å²) in [4.78, 5) is 9.26. The number of nitrogens with zero attached hydrogens (tertiary/aromatic N) is 4. The summed E-state index contributed by atoms with van der Waals surface area (Å²) in [6.07, 6.45) is 1.91. The zero-order valence-electron chi connectivity index (χ0n) is 12.8. The van der Waals surface area contributed by atoms with Crippen LogP contribution >= 0.6 is 11.6 Å². The Labute approximate surface area is 143 Å². The zero-order valence-corrected chi connectivity index (χ0v) is 13.5. The Bertz CT molecular complexity index is 1120. The minimum atomic E-state index is 0.586. The van der Waals surface area contributed by atoms with Crippen molar-refractivity contribution in [3.05, 3.63) is 64.9 Å². The molecule has 2 aromatic heterocycles. The smallest absolute Gasteiger partial charge is 0.213 e. The van der Waals surface area contributed by atoms with E-state index in [1.54, 1.807) is 6.07 Å². The van der Waals surface area contributed by atoms with Gasteiger partial charge in [0.15, 0.2) is 0 Å². The highest BCUT2D eigenvalue weighted by Crippen LogP contribution is 2.26. The first-order valence-corrected chi connectivity index (χ1v) is 7.74. The SMILES string of the molecule is Cc1cn2c(Nc3cccc(Cl)c3)nc3ccc(C#N)cc3c2n1. The second-order valence-corrected chi connectivity index (χ2v) is 5.93. The summed E-state index contributed by atoms with van der Waals surface area (Å²) in [6.45, 7) is 1.93. The van der Waals surface area contributed by atoms with Crippen LogP contribution < -0.4 is 5.32 Å². The van der Waals surface area contributed by atoms with E-state index in [1.807, 2.05) is 53.9 Å². The second-order valence-electron chi connectivity index (χ2n) is 5.49. The number of hydrogen-bond acceptors (Lipinski definition) is 4. The monoisotopic (exact) mass is 333 g/mol. The van der Waals surface area contributed by atoms with Crippen LogP contribution in [0.4, 0.5) is 11.6 Å². The maximum Gasteiger partial charge on any atom is 0.213 e. The fourth-order valence-electron chi connectivity index (χ4n) is 2.68. The van der Waals surface area contributed by atoms with Gasteiger partial charge in [0.25, 0.3) is 0 Å². The van der Waals surface area contributed by atoms with Gasteiger partial charge in [-0.3, -0.25) is 4.40 Å². The first kappa shape index (κ1) is 14.5. The Morgan fingerprint density at radius 2 is 2.04 bits per heavy atom. The molecule has 0 amide bonds. The van der Waals surface area contributed by atoms with E-state index in [0.29, 0.717) is 16.5 Å². The van der Waals surface area contributed by atoms with Gasteiger partial charge in [-0.05, 0) is 43.3 Å². The molecule has 0 saturated heterocycles. The standard InChI is InChI=1S/C18H12ClN5/c1-11-10-24-17(21-11)15-7-12(9-20)5-6-16(15)23-18(24)22-14-4-2-3-13(19)8-14/h2-8,10H,1H3,(H,22,23). The summed E-state index contributed by atoms with van der Waals surface area (Å²) in [5.74, 6) is 0.644. The lowest BCUT2D eigenvalue weighted by molar-refractivity contribution is 1.12. The Kier molecular flexibility index (Phi) is 3.33. The molecular weight excluding hydrogens is 322 g/mol. The minimum Gasteiger partial charge on any atom is -0.325 e. The Hall–Kier alpha value is -3.10. The maximum atomic E-state index is 9.13. The summed E-state index contributed by atoms with van der Waals surface area (Å²) >= 11 is 6.05. The number of halogens is 1. The molecule has 24 heavy (non-hydrogen) atoms. The third-order valence-electron chi connectivity index (χ3n) is 3.73. The molecule has 4 aromatic rings. The van der Waals surface area contributed by atoms with E-state index < -0.39 is 0 Å². The molecule has 0 aliphatic rings. The van der Waals surface area contributed by atoms with Crippen molar-refractivity contribution in [2.24, 2.45) is 0 Å². The van der Waals surface area contributed by atoms with E-state index in [2.05, 4.69) is 21.4 Å². The van der Waals surface area contributed by atoms with Gasteiger partial charge in [-0.25, -0.2) is 9.97 Å². The van der Waals surface area contributed by atoms with E-state index >= 15 is 0 Å². The topological polar surface area (TPSA) is 66.0 Å². The number of anilines is 2. The van der Waals surface area contributed by atoms with Gasteiger partial charge in [-0.2, -0.15) is 5.26 Å². The molecule has 0 fully saturated rings. The molecule has 1 N–H and O–H groups in total. The van der Waals surface area contributed by atoms with Crippen LogP contribution in [0, 0.1) is 18.3 Å². The van der Waals surface area contributed by atoms with Gasteiger partial charge in [0.05, 0.1) is 22.8 Å². The number of rotatable bonds is 2. The lowest BCUT2D eigenvalue weighted by atomic mass is 10.1. The highest BCUT2D eigenvalue weighted by Gasteiger charge is 2.11. The van der Waals surface area contributed by atoms with Gasteiger partial charge >= 0.3 is 0 Å². The predicted octanol–water partition coefficient (Wildman–Crippen LogP) is 4.46. The van der Waals surface area contributed by atoms with E-state index in [0.717, 1.165) is 27.9 Å². The number of aromatic nitrogens is 3. The molecule has 6 heteroatoms. The van der Waals surface area contributed by atoms with Crippen LogP contribution in [-0.4, -0.2) is 14.4 Å². The predicted molar refractivity (Wildman–Crippen MR) is 94.7 cm³/mol. The highest BCUT2D eigenvalue weighted by atomic mass is 35.5. The van der Waals surface area contributed by atoms with E-state index in [1.165, 1.54) is 0 Å². The van der Waals surface area contributed by atoms with Crippen LogP contribution in [0.1, 0.15) is 11.3 Å². The summed E-state index contributed by atoms with van der Waals surface area (Å²) < 4.78 is 1.89. The van der Waals surface area contributed by atoms with E-state index in [4.69, 9.17) is 16.9 Å². The summed E-state index contributed by atoms with van der Waals surface area (Å²) in [7, 11) is 0. The van der Waals surface area contributed by atoms with Crippen molar-refractivity contribution in [2.45, 2.75) is 6.92 Å². The normalized spacial score (nSPS) is 10.9. The Morgan fingerprint density at radius 3 is 2.83 bits per heavy atom. The van der Waals surface area contributed by atoms with Crippen molar-refractivity contribution < 1.29 is 0 Å². The number of nitriles is 1.